The van der Waals surface area contributed by atoms with E-state index in [2.05, 4.69) is 17.1 Å². The summed E-state index contributed by atoms with van der Waals surface area (Å²) in [5.41, 5.74) is 0. The van der Waals surface area contributed by atoms with Gasteiger partial charge >= 0.3 is 12.0 Å². The molecule has 20 heavy (non-hydrogen) atoms. The Morgan fingerprint density at radius 1 is 1.15 bits per heavy atom. The maximum Gasteiger partial charge on any atom is 0.317 e. The molecule has 2 aliphatic rings. The fourth-order valence-corrected chi connectivity index (χ4v) is 3.12. The van der Waals surface area contributed by atoms with Crippen molar-refractivity contribution in [3.05, 3.63) is 0 Å². The number of hydrogen-bond acceptors (Lipinski definition) is 3. The third-order valence-corrected chi connectivity index (χ3v) is 4.50. The van der Waals surface area contributed by atoms with E-state index >= 15 is 0 Å². The van der Waals surface area contributed by atoms with Gasteiger partial charge in [0.2, 0.25) is 0 Å². The highest BCUT2D eigenvalue weighted by atomic mass is 16.4. The molecule has 0 aromatic carbocycles. The molecule has 0 radical (unpaired) electrons. The second kappa shape index (κ2) is 6.92. The molecule has 1 saturated carbocycles. The largest absolute Gasteiger partial charge is 0.481 e. The van der Waals surface area contributed by atoms with Gasteiger partial charge in [-0.1, -0.05) is 19.8 Å². The number of urea groups is 1. The minimum Gasteiger partial charge on any atom is -0.481 e. The molecule has 0 aromatic rings. The van der Waals surface area contributed by atoms with Crippen LogP contribution in [0.3, 0.4) is 0 Å². The van der Waals surface area contributed by atoms with Crippen LogP contribution in [0.5, 0.6) is 0 Å². The molecular weight excluding hydrogens is 258 g/mol. The van der Waals surface area contributed by atoms with E-state index in [4.69, 9.17) is 0 Å². The predicted molar refractivity (Wildman–Crippen MR) is 75.6 cm³/mol. The third kappa shape index (κ3) is 3.62. The monoisotopic (exact) mass is 283 g/mol. The number of likely N-dealkylation sites (N-methyl/N-ethyl adjacent to an activating group) is 1. The summed E-state index contributed by atoms with van der Waals surface area (Å²) in [6.45, 7) is 6.39. The molecule has 2 atom stereocenters. The van der Waals surface area contributed by atoms with Gasteiger partial charge in [-0.3, -0.25) is 4.79 Å². The van der Waals surface area contributed by atoms with Crippen molar-refractivity contribution in [2.75, 3.05) is 32.7 Å². The lowest BCUT2D eigenvalue weighted by Gasteiger charge is -2.36. The Balaban J connectivity index is 1.85. The van der Waals surface area contributed by atoms with Crippen molar-refractivity contribution in [1.29, 1.82) is 0 Å². The van der Waals surface area contributed by atoms with E-state index in [1.165, 1.54) is 0 Å². The van der Waals surface area contributed by atoms with E-state index in [-0.39, 0.29) is 12.1 Å². The molecule has 6 heteroatoms. The average Bonchev–Trinajstić information content (AvgIpc) is 2.47. The average molecular weight is 283 g/mol. The Kier molecular flexibility index (Phi) is 5.23. The van der Waals surface area contributed by atoms with Crippen molar-refractivity contribution in [1.82, 2.24) is 15.1 Å². The molecule has 0 spiro atoms. The Hall–Kier alpha value is -1.30. The molecular formula is C14H25N3O3. The van der Waals surface area contributed by atoms with Crippen LogP contribution in [0.1, 0.15) is 32.6 Å². The highest BCUT2D eigenvalue weighted by molar-refractivity contribution is 5.77. The molecule has 6 nitrogen and oxygen atoms in total. The van der Waals surface area contributed by atoms with Crippen LogP contribution in [0, 0.1) is 5.92 Å². The van der Waals surface area contributed by atoms with Crippen LogP contribution in [-0.2, 0) is 4.79 Å². The normalized spacial score (nSPS) is 28.1. The molecule has 114 valence electrons. The second-order valence-corrected chi connectivity index (χ2v) is 5.71. The summed E-state index contributed by atoms with van der Waals surface area (Å²) < 4.78 is 0. The van der Waals surface area contributed by atoms with Gasteiger partial charge < -0.3 is 20.2 Å². The standard InChI is InChI=1S/C14H25N3O3/c1-2-16-7-9-17(10-8-16)14(20)15-12-6-4-3-5-11(12)13(18)19/h11-12H,2-10H2,1H3,(H,15,20)(H,18,19). The van der Waals surface area contributed by atoms with Crippen molar-refractivity contribution < 1.29 is 14.7 Å². The van der Waals surface area contributed by atoms with Gasteiger partial charge in [0.25, 0.3) is 0 Å². The molecule has 2 amide bonds. The number of amides is 2. The maximum absolute atomic E-state index is 12.2. The van der Waals surface area contributed by atoms with Crippen LogP contribution in [0.4, 0.5) is 4.79 Å². The van der Waals surface area contributed by atoms with Crippen LogP contribution < -0.4 is 5.32 Å². The van der Waals surface area contributed by atoms with Gasteiger partial charge in [-0.2, -0.15) is 0 Å². The number of piperazine rings is 1. The molecule has 1 heterocycles. The number of carbonyl (C=O) groups is 2. The van der Waals surface area contributed by atoms with Gasteiger partial charge in [0.05, 0.1) is 5.92 Å². The van der Waals surface area contributed by atoms with E-state index in [0.717, 1.165) is 52.0 Å². The van der Waals surface area contributed by atoms with Crippen molar-refractivity contribution in [2.24, 2.45) is 5.92 Å². The predicted octanol–water partition coefficient (Wildman–Crippen LogP) is 0.977. The summed E-state index contributed by atoms with van der Waals surface area (Å²) in [6.07, 6.45) is 3.39. The van der Waals surface area contributed by atoms with Gasteiger partial charge in [-0.05, 0) is 19.4 Å². The highest BCUT2D eigenvalue weighted by Crippen LogP contribution is 2.24. The van der Waals surface area contributed by atoms with Gasteiger partial charge in [-0.15, -0.1) is 0 Å². The second-order valence-electron chi connectivity index (χ2n) is 5.71. The van der Waals surface area contributed by atoms with E-state index in [1.54, 1.807) is 4.90 Å². The number of hydrogen-bond donors (Lipinski definition) is 2. The zero-order chi connectivity index (χ0) is 14.5. The molecule has 2 rings (SSSR count). The molecule has 1 saturated heterocycles. The SMILES string of the molecule is CCN1CCN(C(=O)NC2CCCCC2C(=O)O)CC1. The minimum atomic E-state index is -0.786. The maximum atomic E-state index is 12.2. The smallest absolute Gasteiger partial charge is 0.317 e. The molecule has 1 aliphatic carbocycles. The summed E-state index contributed by atoms with van der Waals surface area (Å²) in [7, 11) is 0. The molecule has 0 aromatic heterocycles. The van der Waals surface area contributed by atoms with Crippen molar-refractivity contribution in [3.8, 4) is 0 Å². The molecule has 2 unspecified atom stereocenters. The summed E-state index contributed by atoms with van der Waals surface area (Å²) >= 11 is 0. The minimum absolute atomic E-state index is 0.0982. The number of nitrogens with one attached hydrogen (secondary N) is 1. The van der Waals surface area contributed by atoms with E-state index in [9.17, 15) is 14.7 Å². The van der Waals surface area contributed by atoms with Gasteiger partial charge in [0, 0.05) is 32.2 Å². The molecule has 1 aliphatic heterocycles. The van der Waals surface area contributed by atoms with Crippen LogP contribution in [-0.4, -0.2) is 65.7 Å². The van der Waals surface area contributed by atoms with Crippen LogP contribution in [0.15, 0.2) is 0 Å². The number of rotatable bonds is 3. The first-order valence-electron chi connectivity index (χ1n) is 7.62. The summed E-state index contributed by atoms with van der Waals surface area (Å²) in [5.74, 6) is -1.21. The topological polar surface area (TPSA) is 72.9 Å². The fourth-order valence-electron chi connectivity index (χ4n) is 3.12. The fraction of sp³-hybridized carbons (Fsp3) is 0.857. The van der Waals surface area contributed by atoms with Crippen molar-refractivity contribution in [2.45, 2.75) is 38.6 Å². The van der Waals surface area contributed by atoms with E-state index in [0.29, 0.717) is 6.42 Å². The first kappa shape index (κ1) is 15.1. The first-order chi connectivity index (χ1) is 9.61. The summed E-state index contributed by atoms with van der Waals surface area (Å²) in [6, 6.07) is -0.308. The highest BCUT2D eigenvalue weighted by Gasteiger charge is 2.33. The van der Waals surface area contributed by atoms with Gasteiger partial charge in [0.15, 0.2) is 0 Å². The molecule has 0 bridgehead atoms. The zero-order valence-corrected chi connectivity index (χ0v) is 12.2. The number of nitrogens with zero attached hydrogens (tertiary/aromatic N) is 2. The van der Waals surface area contributed by atoms with Crippen molar-refractivity contribution >= 4 is 12.0 Å². The Morgan fingerprint density at radius 2 is 1.80 bits per heavy atom. The number of carboxylic acid groups (broad SMARTS) is 1. The quantitative estimate of drug-likeness (QED) is 0.810. The van der Waals surface area contributed by atoms with Crippen LogP contribution in [0.25, 0.3) is 0 Å². The summed E-state index contributed by atoms with van der Waals surface area (Å²) in [4.78, 5) is 27.6. The lowest BCUT2D eigenvalue weighted by Crippen LogP contribution is -2.55. The van der Waals surface area contributed by atoms with Crippen LogP contribution in [0.2, 0.25) is 0 Å². The Labute approximate surface area is 120 Å². The number of carboxylic acids is 1. The third-order valence-electron chi connectivity index (χ3n) is 4.50. The zero-order valence-electron chi connectivity index (χ0n) is 12.2. The number of carbonyl (C=O) groups excluding carboxylic acids is 1. The lowest BCUT2D eigenvalue weighted by atomic mass is 9.84. The number of aliphatic carboxylic acids is 1. The Bertz CT molecular complexity index is 354. The lowest BCUT2D eigenvalue weighted by molar-refractivity contribution is -0.143. The van der Waals surface area contributed by atoms with E-state index in [1.807, 2.05) is 0 Å². The van der Waals surface area contributed by atoms with Gasteiger partial charge in [-0.25, -0.2) is 4.79 Å². The van der Waals surface area contributed by atoms with Gasteiger partial charge in [0.1, 0.15) is 0 Å². The van der Waals surface area contributed by atoms with Crippen LogP contribution >= 0.6 is 0 Å². The first-order valence-corrected chi connectivity index (χ1v) is 7.62. The molecule has 2 N–H and O–H groups in total. The van der Waals surface area contributed by atoms with E-state index < -0.39 is 11.9 Å². The van der Waals surface area contributed by atoms with Crippen molar-refractivity contribution in [3.63, 3.8) is 0 Å². The molecule has 2 fully saturated rings. The summed E-state index contributed by atoms with van der Waals surface area (Å²) in [5, 5.41) is 12.2. The Morgan fingerprint density at radius 3 is 2.40 bits per heavy atom.